The van der Waals surface area contributed by atoms with E-state index >= 15 is 0 Å². The summed E-state index contributed by atoms with van der Waals surface area (Å²) >= 11 is 15.6. The molecule has 0 unspecified atom stereocenters. The predicted octanol–water partition coefficient (Wildman–Crippen LogP) is 5.07. The van der Waals surface area contributed by atoms with E-state index in [2.05, 4.69) is 33.2 Å². The van der Waals surface area contributed by atoms with Crippen LogP contribution in [0.3, 0.4) is 0 Å². The Hall–Kier alpha value is -0.770. The molecule has 0 fully saturated rings. The number of benzene rings is 1. The maximum Gasteiger partial charge on any atom is 0.0835 e. The molecule has 2 aromatic rings. The van der Waals surface area contributed by atoms with Crippen molar-refractivity contribution < 1.29 is 0 Å². The normalized spacial score (nSPS) is 10.4. The molecule has 0 saturated heterocycles. The zero-order valence-corrected chi connectivity index (χ0v) is 12.8. The fraction of sp³-hybridized carbons (Fsp3) is 0.154. The van der Waals surface area contributed by atoms with E-state index in [1.807, 2.05) is 24.4 Å². The fourth-order valence-corrected chi connectivity index (χ4v) is 2.38. The Morgan fingerprint density at radius 3 is 2.72 bits per heavy atom. The lowest BCUT2D eigenvalue weighted by atomic mass is 10.1. The van der Waals surface area contributed by atoms with Gasteiger partial charge in [0.2, 0.25) is 0 Å². The SMILES string of the molecule is Cc1ccncc1CNc1ccc(Br)c(Cl)c1Cl. The maximum absolute atomic E-state index is 6.16. The van der Waals surface area contributed by atoms with E-state index in [0.717, 1.165) is 15.7 Å². The Morgan fingerprint density at radius 1 is 1.22 bits per heavy atom. The molecule has 0 spiro atoms. The molecular weight excluding hydrogens is 335 g/mol. The number of anilines is 1. The van der Waals surface area contributed by atoms with Gasteiger partial charge in [-0.25, -0.2) is 0 Å². The van der Waals surface area contributed by atoms with Gasteiger partial charge in [-0.3, -0.25) is 4.98 Å². The first-order valence-electron chi connectivity index (χ1n) is 5.36. The summed E-state index contributed by atoms with van der Waals surface area (Å²) in [7, 11) is 0. The first-order chi connectivity index (χ1) is 8.59. The minimum atomic E-state index is 0.518. The molecule has 1 aromatic heterocycles. The Morgan fingerprint density at radius 2 is 2.00 bits per heavy atom. The number of rotatable bonds is 3. The minimum Gasteiger partial charge on any atom is -0.380 e. The predicted molar refractivity (Wildman–Crippen MR) is 80.5 cm³/mol. The lowest BCUT2D eigenvalue weighted by Crippen LogP contribution is -2.02. The van der Waals surface area contributed by atoms with Crippen molar-refractivity contribution >= 4 is 44.8 Å². The average Bonchev–Trinajstić information content (AvgIpc) is 2.37. The highest BCUT2D eigenvalue weighted by Gasteiger charge is 2.08. The molecule has 0 radical (unpaired) electrons. The van der Waals surface area contributed by atoms with Crippen molar-refractivity contribution in [1.82, 2.24) is 4.98 Å². The Balaban J connectivity index is 2.17. The van der Waals surface area contributed by atoms with Crippen LogP contribution in [0.5, 0.6) is 0 Å². The van der Waals surface area contributed by atoms with E-state index in [0.29, 0.717) is 16.6 Å². The third-order valence-electron chi connectivity index (χ3n) is 2.65. The van der Waals surface area contributed by atoms with Gasteiger partial charge in [0.1, 0.15) is 0 Å². The molecule has 0 aliphatic carbocycles. The third-order valence-corrected chi connectivity index (χ3v) is 4.42. The molecular formula is C13H11BrCl2N2. The molecule has 1 N–H and O–H groups in total. The molecule has 5 heteroatoms. The van der Waals surface area contributed by atoms with Crippen LogP contribution in [0.4, 0.5) is 5.69 Å². The van der Waals surface area contributed by atoms with Crippen LogP contribution in [0.25, 0.3) is 0 Å². The summed E-state index contributed by atoms with van der Waals surface area (Å²) in [5.74, 6) is 0. The molecule has 0 saturated carbocycles. The van der Waals surface area contributed by atoms with Crippen molar-refractivity contribution in [2.45, 2.75) is 13.5 Å². The molecule has 0 bridgehead atoms. The van der Waals surface area contributed by atoms with Gasteiger partial charge in [-0.2, -0.15) is 0 Å². The summed E-state index contributed by atoms with van der Waals surface area (Å²) in [4.78, 5) is 4.11. The van der Waals surface area contributed by atoms with E-state index in [9.17, 15) is 0 Å². The van der Waals surface area contributed by atoms with Crippen molar-refractivity contribution in [3.8, 4) is 0 Å². The molecule has 0 atom stereocenters. The maximum atomic E-state index is 6.16. The van der Waals surface area contributed by atoms with Crippen molar-refractivity contribution in [2.24, 2.45) is 0 Å². The summed E-state index contributed by atoms with van der Waals surface area (Å²) in [6, 6.07) is 5.74. The second kappa shape index (κ2) is 5.91. The van der Waals surface area contributed by atoms with Gasteiger partial charge in [0.25, 0.3) is 0 Å². The molecule has 0 aliphatic heterocycles. The van der Waals surface area contributed by atoms with Crippen LogP contribution in [-0.4, -0.2) is 4.98 Å². The van der Waals surface area contributed by atoms with Gasteiger partial charge in [0.15, 0.2) is 0 Å². The molecule has 0 aliphatic rings. The van der Waals surface area contributed by atoms with E-state index in [1.165, 1.54) is 5.56 Å². The average molecular weight is 346 g/mol. The first-order valence-corrected chi connectivity index (χ1v) is 6.91. The van der Waals surface area contributed by atoms with Crippen molar-refractivity contribution in [1.29, 1.82) is 0 Å². The van der Waals surface area contributed by atoms with Crippen LogP contribution in [0.2, 0.25) is 10.0 Å². The van der Waals surface area contributed by atoms with Crippen LogP contribution in [-0.2, 0) is 6.54 Å². The Kier molecular flexibility index (Phi) is 4.49. The van der Waals surface area contributed by atoms with E-state index < -0.39 is 0 Å². The molecule has 2 rings (SSSR count). The van der Waals surface area contributed by atoms with Crippen LogP contribution < -0.4 is 5.32 Å². The highest BCUT2D eigenvalue weighted by molar-refractivity contribution is 9.10. The topological polar surface area (TPSA) is 24.9 Å². The van der Waals surface area contributed by atoms with Crippen LogP contribution >= 0.6 is 39.1 Å². The molecule has 1 aromatic carbocycles. The second-order valence-electron chi connectivity index (χ2n) is 3.88. The molecule has 18 heavy (non-hydrogen) atoms. The number of aryl methyl sites for hydroxylation is 1. The van der Waals surface area contributed by atoms with E-state index in [4.69, 9.17) is 23.2 Å². The zero-order valence-electron chi connectivity index (χ0n) is 9.67. The van der Waals surface area contributed by atoms with Crippen LogP contribution in [0.15, 0.2) is 35.1 Å². The van der Waals surface area contributed by atoms with E-state index in [1.54, 1.807) is 6.20 Å². The summed E-state index contributed by atoms with van der Waals surface area (Å²) in [5.41, 5.74) is 3.14. The minimum absolute atomic E-state index is 0.518. The lowest BCUT2D eigenvalue weighted by molar-refractivity contribution is 1.08. The smallest absolute Gasteiger partial charge is 0.0835 e. The third kappa shape index (κ3) is 2.97. The number of hydrogen-bond donors (Lipinski definition) is 1. The van der Waals surface area contributed by atoms with Gasteiger partial charge in [0, 0.05) is 23.4 Å². The van der Waals surface area contributed by atoms with Gasteiger partial charge in [-0.15, -0.1) is 0 Å². The molecule has 94 valence electrons. The summed E-state index contributed by atoms with van der Waals surface area (Å²) in [6.45, 7) is 2.71. The van der Waals surface area contributed by atoms with Crippen molar-refractivity contribution in [3.63, 3.8) is 0 Å². The zero-order chi connectivity index (χ0) is 13.1. The molecule has 0 amide bonds. The lowest BCUT2D eigenvalue weighted by Gasteiger charge is -2.11. The van der Waals surface area contributed by atoms with E-state index in [-0.39, 0.29) is 0 Å². The first kappa shape index (κ1) is 13.7. The van der Waals surface area contributed by atoms with Crippen LogP contribution in [0, 0.1) is 6.92 Å². The number of nitrogens with zero attached hydrogens (tertiary/aromatic N) is 1. The van der Waals surface area contributed by atoms with Crippen molar-refractivity contribution in [2.75, 3.05) is 5.32 Å². The Bertz CT molecular complexity index is 573. The highest BCUT2D eigenvalue weighted by Crippen LogP contribution is 2.35. The highest BCUT2D eigenvalue weighted by atomic mass is 79.9. The van der Waals surface area contributed by atoms with Gasteiger partial charge < -0.3 is 5.32 Å². The van der Waals surface area contributed by atoms with Gasteiger partial charge in [-0.05, 0) is 52.2 Å². The summed E-state index contributed by atoms with van der Waals surface area (Å²) < 4.78 is 0.789. The van der Waals surface area contributed by atoms with Gasteiger partial charge in [-0.1, -0.05) is 23.2 Å². The number of nitrogens with one attached hydrogen (secondary N) is 1. The number of pyridine rings is 1. The standard InChI is InChI=1S/C13H11BrCl2N2/c1-8-4-5-17-6-9(8)7-18-11-3-2-10(14)12(15)13(11)16/h2-6,18H,7H2,1H3. The number of hydrogen-bond acceptors (Lipinski definition) is 2. The van der Waals surface area contributed by atoms with Crippen molar-refractivity contribution in [3.05, 3.63) is 56.2 Å². The quantitative estimate of drug-likeness (QED) is 0.785. The monoisotopic (exact) mass is 344 g/mol. The fourth-order valence-electron chi connectivity index (χ4n) is 1.53. The Labute approximate surface area is 124 Å². The largest absolute Gasteiger partial charge is 0.380 e. The summed E-state index contributed by atoms with van der Waals surface area (Å²) in [6.07, 6.45) is 3.62. The molecule has 1 heterocycles. The number of aromatic nitrogens is 1. The molecule has 2 nitrogen and oxygen atoms in total. The number of halogens is 3. The van der Waals surface area contributed by atoms with Crippen LogP contribution in [0.1, 0.15) is 11.1 Å². The van der Waals surface area contributed by atoms with Gasteiger partial charge >= 0.3 is 0 Å². The second-order valence-corrected chi connectivity index (χ2v) is 5.49. The van der Waals surface area contributed by atoms with Gasteiger partial charge in [0.05, 0.1) is 15.7 Å². The summed E-state index contributed by atoms with van der Waals surface area (Å²) in [5, 5.41) is 4.30.